The van der Waals surface area contributed by atoms with E-state index >= 15 is 0 Å². The Balaban J connectivity index is 2.32. The van der Waals surface area contributed by atoms with Crippen molar-refractivity contribution < 1.29 is 19.1 Å². The zero-order chi connectivity index (χ0) is 16.1. The van der Waals surface area contributed by atoms with Gasteiger partial charge in [-0.2, -0.15) is 0 Å². The molecule has 0 atom stereocenters. The van der Waals surface area contributed by atoms with Crippen LogP contribution in [-0.4, -0.2) is 57.5 Å². The third-order valence-corrected chi connectivity index (χ3v) is 3.41. The Morgan fingerprint density at radius 2 is 2.18 bits per heavy atom. The van der Waals surface area contributed by atoms with Gasteiger partial charge < -0.3 is 19.3 Å². The van der Waals surface area contributed by atoms with Crippen molar-refractivity contribution in [3.63, 3.8) is 0 Å². The summed E-state index contributed by atoms with van der Waals surface area (Å²) in [7, 11) is 3.99. The highest BCUT2D eigenvalue weighted by Gasteiger charge is 2.28. The molecule has 1 heterocycles. The lowest BCUT2D eigenvalue weighted by Crippen LogP contribution is -2.40. The molecule has 22 heavy (non-hydrogen) atoms. The molecule has 1 amide bonds. The molecule has 0 aromatic heterocycles. The molecule has 0 saturated heterocycles. The fourth-order valence-electron chi connectivity index (χ4n) is 2.42. The second-order valence-corrected chi connectivity index (χ2v) is 5.41. The number of carbonyl (C=O) groups excluding carboxylic acids is 2. The van der Waals surface area contributed by atoms with Gasteiger partial charge in [-0.3, -0.25) is 9.59 Å². The molecule has 0 spiro atoms. The van der Waals surface area contributed by atoms with Crippen LogP contribution >= 0.6 is 0 Å². The van der Waals surface area contributed by atoms with Crippen molar-refractivity contribution in [3.8, 4) is 11.5 Å². The summed E-state index contributed by atoms with van der Waals surface area (Å²) >= 11 is 0. The van der Waals surface area contributed by atoms with Crippen LogP contribution in [0.25, 0.3) is 0 Å². The van der Waals surface area contributed by atoms with Gasteiger partial charge in [0.2, 0.25) is 0 Å². The molecule has 1 aromatic carbocycles. The largest absolute Gasteiger partial charge is 0.490 e. The minimum Gasteiger partial charge on any atom is -0.490 e. The number of ether oxygens (including phenoxy) is 2. The summed E-state index contributed by atoms with van der Waals surface area (Å²) in [5, 5.41) is 0. The van der Waals surface area contributed by atoms with Gasteiger partial charge >= 0.3 is 0 Å². The van der Waals surface area contributed by atoms with Gasteiger partial charge in [-0.1, -0.05) is 0 Å². The normalized spacial score (nSPS) is 13.8. The Labute approximate surface area is 130 Å². The van der Waals surface area contributed by atoms with Gasteiger partial charge in [0.25, 0.3) is 5.91 Å². The van der Waals surface area contributed by atoms with Crippen molar-refractivity contribution in [2.24, 2.45) is 0 Å². The zero-order valence-electron chi connectivity index (χ0n) is 13.3. The van der Waals surface area contributed by atoms with Crippen molar-refractivity contribution in [1.29, 1.82) is 0 Å². The number of aldehydes is 1. The van der Waals surface area contributed by atoms with Crippen LogP contribution in [0.3, 0.4) is 0 Å². The third-order valence-electron chi connectivity index (χ3n) is 3.41. The smallest absolute Gasteiger partial charge is 0.265 e. The number of benzene rings is 1. The Morgan fingerprint density at radius 3 is 2.82 bits per heavy atom. The summed E-state index contributed by atoms with van der Waals surface area (Å²) in [4.78, 5) is 27.0. The average Bonchev–Trinajstić information content (AvgIpc) is 2.49. The van der Waals surface area contributed by atoms with Gasteiger partial charge in [0.15, 0.2) is 18.1 Å². The number of anilines is 1. The summed E-state index contributed by atoms with van der Waals surface area (Å²) in [5.41, 5.74) is 1.08. The van der Waals surface area contributed by atoms with E-state index in [4.69, 9.17) is 9.47 Å². The van der Waals surface area contributed by atoms with E-state index in [9.17, 15) is 9.59 Å². The number of fused-ring (bicyclic) bond motifs is 1. The molecule has 6 nitrogen and oxygen atoms in total. The Morgan fingerprint density at radius 1 is 1.41 bits per heavy atom. The molecule has 0 unspecified atom stereocenters. The van der Waals surface area contributed by atoms with Crippen LogP contribution in [0.4, 0.5) is 5.69 Å². The lowest BCUT2D eigenvalue weighted by molar-refractivity contribution is -0.121. The van der Waals surface area contributed by atoms with Gasteiger partial charge in [-0.05, 0) is 46.1 Å². The van der Waals surface area contributed by atoms with Gasteiger partial charge in [0.1, 0.15) is 6.29 Å². The second kappa shape index (κ2) is 7.26. The third kappa shape index (κ3) is 3.57. The molecule has 0 saturated carbocycles. The molecule has 0 aliphatic carbocycles. The topological polar surface area (TPSA) is 59.1 Å². The lowest BCUT2D eigenvalue weighted by Gasteiger charge is -2.31. The highest BCUT2D eigenvalue weighted by Crippen LogP contribution is 2.41. The molecular weight excluding hydrogens is 284 g/mol. The van der Waals surface area contributed by atoms with Gasteiger partial charge in [-0.15, -0.1) is 0 Å². The average molecular weight is 306 g/mol. The molecule has 2 rings (SSSR count). The van der Waals surface area contributed by atoms with Crippen LogP contribution in [0.15, 0.2) is 12.1 Å². The Bertz CT molecular complexity index is 557. The first-order valence-electron chi connectivity index (χ1n) is 7.40. The minimum absolute atomic E-state index is 0.00449. The maximum atomic E-state index is 12.2. The Kier molecular flexibility index (Phi) is 5.38. The molecule has 1 aromatic rings. The minimum atomic E-state index is -0.100. The van der Waals surface area contributed by atoms with Gasteiger partial charge in [0.05, 0.1) is 12.3 Å². The molecule has 1 aliphatic rings. The maximum absolute atomic E-state index is 12.2. The number of hydrogen-bond acceptors (Lipinski definition) is 5. The molecule has 0 N–H and O–H groups in total. The molecular formula is C16H22N2O4. The van der Waals surface area contributed by atoms with E-state index in [0.29, 0.717) is 35.9 Å². The molecule has 120 valence electrons. The number of carbonyl (C=O) groups is 2. The van der Waals surface area contributed by atoms with Crippen molar-refractivity contribution in [3.05, 3.63) is 17.7 Å². The van der Waals surface area contributed by atoms with Crippen LogP contribution in [-0.2, 0) is 4.79 Å². The predicted molar refractivity (Wildman–Crippen MR) is 84.0 cm³/mol. The maximum Gasteiger partial charge on any atom is 0.265 e. The van der Waals surface area contributed by atoms with Crippen LogP contribution in [0, 0.1) is 0 Å². The van der Waals surface area contributed by atoms with Crippen molar-refractivity contribution >= 4 is 17.9 Å². The summed E-state index contributed by atoms with van der Waals surface area (Å²) in [5.74, 6) is 0.945. The van der Waals surface area contributed by atoms with E-state index in [0.717, 1.165) is 19.3 Å². The summed E-state index contributed by atoms with van der Waals surface area (Å²) in [6, 6.07) is 3.32. The first-order valence-corrected chi connectivity index (χ1v) is 7.40. The number of hydrogen-bond donors (Lipinski definition) is 0. The first kappa shape index (κ1) is 16.3. The summed E-state index contributed by atoms with van der Waals surface area (Å²) in [6.45, 7) is 3.79. The van der Waals surface area contributed by atoms with E-state index in [1.54, 1.807) is 17.0 Å². The predicted octanol–water partition coefficient (Wildman–Crippen LogP) is 1.57. The van der Waals surface area contributed by atoms with Crippen molar-refractivity contribution in [2.75, 3.05) is 45.3 Å². The SMILES string of the molecule is CCOc1cc(C=O)cc2c1OCC(=O)N2CCCN(C)C. The van der Waals surface area contributed by atoms with Gasteiger partial charge in [0, 0.05) is 12.1 Å². The standard InChI is InChI=1S/C16H22N2O4/c1-4-21-14-9-12(10-19)8-13-16(14)22-11-15(20)18(13)7-5-6-17(2)3/h8-10H,4-7,11H2,1-3H3. The van der Waals surface area contributed by atoms with Crippen LogP contribution in [0.1, 0.15) is 23.7 Å². The summed E-state index contributed by atoms with van der Waals surface area (Å²) in [6.07, 6.45) is 1.59. The van der Waals surface area contributed by atoms with E-state index in [1.807, 2.05) is 21.0 Å². The first-order chi connectivity index (χ1) is 10.6. The molecule has 1 aliphatic heterocycles. The fourth-order valence-corrected chi connectivity index (χ4v) is 2.42. The molecule has 6 heteroatoms. The highest BCUT2D eigenvalue weighted by atomic mass is 16.5. The number of nitrogens with zero attached hydrogens (tertiary/aromatic N) is 2. The van der Waals surface area contributed by atoms with E-state index < -0.39 is 0 Å². The fraction of sp³-hybridized carbons (Fsp3) is 0.500. The zero-order valence-corrected chi connectivity index (χ0v) is 13.3. The second-order valence-electron chi connectivity index (χ2n) is 5.41. The monoisotopic (exact) mass is 306 g/mol. The molecule has 0 bridgehead atoms. The quantitative estimate of drug-likeness (QED) is 0.716. The van der Waals surface area contributed by atoms with Gasteiger partial charge in [-0.25, -0.2) is 0 Å². The van der Waals surface area contributed by atoms with Crippen molar-refractivity contribution in [1.82, 2.24) is 4.90 Å². The van der Waals surface area contributed by atoms with Crippen LogP contribution < -0.4 is 14.4 Å². The lowest BCUT2D eigenvalue weighted by atomic mass is 10.1. The number of rotatable bonds is 7. The van der Waals surface area contributed by atoms with Crippen molar-refractivity contribution in [2.45, 2.75) is 13.3 Å². The van der Waals surface area contributed by atoms with E-state index in [2.05, 4.69) is 4.90 Å². The number of amides is 1. The molecule has 0 radical (unpaired) electrons. The summed E-state index contributed by atoms with van der Waals surface area (Å²) < 4.78 is 11.1. The van der Waals surface area contributed by atoms with Crippen LogP contribution in [0.5, 0.6) is 11.5 Å². The highest BCUT2D eigenvalue weighted by molar-refractivity contribution is 5.99. The molecule has 0 fully saturated rings. The van der Waals surface area contributed by atoms with E-state index in [-0.39, 0.29) is 12.5 Å². The van der Waals surface area contributed by atoms with E-state index in [1.165, 1.54) is 0 Å². The van der Waals surface area contributed by atoms with Crippen LogP contribution in [0.2, 0.25) is 0 Å². The Hall–Kier alpha value is -2.08.